The number of halogens is 1. The fraction of sp³-hybridized carbons (Fsp3) is 1.00. The summed E-state index contributed by atoms with van der Waals surface area (Å²) in [4.78, 5) is 0. The summed E-state index contributed by atoms with van der Waals surface area (Å²) in [6.45, 7) is 4.41. The lowest BCUT2D eigenvalue weighted by atomic mass is 10.4. The zero-order valence-corrected chi connectivity index (χ0v) is 8.81. The average Bonchev–Trinajstić information content (AvgIpc) is 2.03. The van der Waals surface area contributed by atoms with E-state index in [1.807, 2.05) is 11.8 Å². The molecule has 0 heterocycles. The Morgan fingerprint density at radius 2 is 2.00 bits per heavy atom. The van der Waals surface area contributed by atoms with Crippen LogP contribution in [0.4, 0.5) is 0 Å². The first-order chi connectivity index (χ1) is 5.41. The van der Waals surface area contributed by atoms with Crippen LogP contribution >= 0.6 is 23.4 Å². The van der Waals surface area contributed by atoms with Crippen LogP contribution in [0.15, 0.2) is 0 Å². The fourth-order valence-electron chi connectivity index (χ4n) is 0.760. The van der Waals surface area contributed by atoms with Crippen LogP contribution in [0.5, 0.6) is 0 Å². The molecule has 0 saturated carbocycles. The van der Waals surface area contributed by atoms with Crippen LogP contribution in [0.2, 0.25) is 0 Å². The average molecular weight is 196 g/mol. The highest BCUT2D eigenvalue weighted by Crippen LogP contribution is 1.99. The van der Waals surface area contributed by atoms with E-state index in [9.17, 15) is 0 Å². The summed E-state index contributed by atoms with van der Waals surface area (Å²) in [5.41, 5.74) is 0. The van der Waals surface area contributed by atoms with Gasteiger partial charge >= 0.3 is 0 Å². The van der Waals surface area contributed by atoms with E-state index in [1.165, 1.54) is 17.9 Å². The zero-order valence-electron chi connectivity index (χ0n) is 7.24. The smallest absolute Gasteiger partial charge is 0.0235 e. The molecule has 3 heteroatoms. The lowest BCUT2D eigenvalue weighted by molar-refractivity contribution is 0.666. The maximum atomic E-state index is 5.52. The Bertz CT molecular complexity index is 63.1. The van der Waals surface area contributed by atoms with E-state index < -0.39 is 0 Å². The standard InChI is InChI=1S/C8H18ClNS/c1-2-11-8-4-7-10-6-3-5-9/h10H,2-8H2,1H3. The minimum absolute atomic E-state index is 0.775. The SMILES string of the molecule is CCSCCCNCCCCl. The molecule has 0 rings (SSSR count). The van der Waals surface area contributed by atoms with Crippen molar-refractivity contribution in [3.63, 3.8) is 0 Å². The Labute approximate surface area is 79.3 Å². The number of alkyl halides is 1. The number of rotatable bonds is 8. The van der Waals surface area contributed by atoms with Crippen LogP contribution in [0.25, 0.3) is 0 Å². The van der Waals surface area contributed by atoms with Gasteiger partial charge in [-0.15, -0.1) is 11.6 Å². The van der Waals surface area contributed by atoms with Gasteiger partial charge in [0.05, 0.1) is 0 Å². The van der Waals surface area contributed by atoms with Gasteiger partial charge in [0.2, 0.25) is 0 Å². The van der Waals surface area contributed by atoms with Gasteiger partial charge in [-0.2, -0.15) is 11.8 Å². The topological polar surface area (TPSA) is 12.0 Å². The van der Waals surface area contributed by atoms with Gasteiger partial charge in [0, 0.05) is 5.88 Å². The fourth-order valence-corrected chi connectivity index (χ4v) is 1.53. The third-order valence-corrected chi connectivity index (χ3v) is 2.59. The first kappa shape index (κ1) is 11.6. The lowest BCUT2D eigenvalue weighted by Gasteiger charge is -2.01. The van der Waals surface area contributed by atoms with Gasteiger partial charge in [-0.1, -0.05) is 6.92 Å². The molecule has 0 aromatic carbocycles. The highest BCUT2D eigenvalue weighted by Gasteiger charge is 1.87. The van der Waals surface area contributed by atoms with E-state index in [0.717, 1.165) is 25.4 Å². The van der Waals surface area contributed by atoms with Crippen LogP contribution < -0.4 is 5.32 Å². The first-order valence-electron chi connectivity index (χ1n) is 4.26. The summed E-state index contributed by atoms with van der Waals surface area (Å²) in [6, 6.07) is 0. The van der Waals surface area contributed by atoms with Gasteiger partial charge in [0.25, 0.3) is 0 Å². The summed E-state index contributed by atoms with van der Waals surface area (Å²) < 4.78 is 0. The van der Waals surface area contributed by atoms with Crippen molar-refractivity contribution in [2.45, 2.75) is 19.8 Å². The quantitative estimate of drug-likeness (QED) is 0.472. The third kappa shape index (κ3) is 10.6. The van der Waals surface area contributed by atoms with Gasteiger partial charge in [-0.3, -0.25) is 0 Å². The second-order valence-corrected chi connectivity index (χ2v) is 4.11. The van der Waals surface area contributed by atoms with Crippen LogP contribution in [0, 0.1) is 0 Å². The molecule has 0 aliphatic carbocycles. The Balaban J connectivity index is 2.69. The summed E-state index contributed by atoms with van der Waals surface area (Å²) >= 11 is 7.53. The molecule has 0 bridgehead atoms. The second-order valence-electron chi connectivity index (χ2n) is 2.34. The summed E-state index contributed by atoms with van der Waals surface area (Å²) in [7, 11) is 0. The molecule has 0 spiro atoms. The minimum Gasteiger partial charge on any atom is -0.317 e. The van der Waals surface area contributed by atoms with E-state index in [-0.39, 0.29) is 0 Å². The molecule has 1 N–H and O–H groups in total. The van der Waals surface area contributed by atoms with Crippen molar-refractivity contribution in [3.8, 4) is 0 Å². The molecule has 11 heavy (non-hydrogen) atoms. The predicted octanol–water partition coefficient (Wildman–Crippen LogP) is 2.35. The van der Waals surface area contributed by atoms with E-state index >= 15 is 0 Å². The normalized spacial score (nSPS) is 10.4. The van der Waals surface area contributed by atoms with E-state index in [1.54, 1.807) is 0 Å². The molecule has 0 aliphatic heterocycles. The molecular weight excluding hydrogens is 178 g/mol. The van der Waals surface area contributed by atoms with Crippen LogP contribution in [-0.2, 0) is 0 Å². The molecule has 0 atom stereocenters. The second kappa shape index (κ2) is 10.6. The molecule has 0 fully saturated rings. The van der Waals surface area contributed by atoms with Crippen molar-refractivity contribution in [3.05, 3.63) is 0 Å². The van der Waals surface area contributed by atoms with E-state index in [0.29, 0.717) is 0 Å². The van der Waals surface area contributed by atoms with Gasteiger partial charge in [0.1, 0.15) is 0 Å². The Hall–Kier alpha value is 0.600. The van der Waals surface area contributed by atoms with E-state index in [4.69, 9.17) is 11.6 Å². The van der Waals surface area contributed by atoms with E-state index in [2.05, 4.69) is 12.2 Å². The molecular formula is C8H18ClNS. The maximum Gasteiger partial charge on any atom is 0.0235 e. The number of hydrogen-bond acceptors (Lipinski definition) is 2. The Morgan fingerprint density at radius 3 is 2.64 bits per heavy atom. The predicted molar refractivity (Wildman–Crippen MR) is 55.8 cm³/mol. The van der Waals surface area contributed by atoms with Crippen LogP contribution in [0.1, 0.15) is 19.8 Å². The molecule has 0 unspecified atom stereocenters. The lowest BCUT2D eigenvalue weighted by Crippen LogP contribution is -2.17. The van der Waals surface area contributed by atoms with Crippen LogP contribution in [0.3, 0.4) is 0 Å². The van der Waals surface area contributed by atoms with Gasteiger partial charge in [0.15, 0.2) is 0 Å². The monoisotopic (exact) mass is 195 g/mol. The van der Waals surface area contributed by atoms with Gasteiger partial charge < -0.3 is 5.32 Å². The van der Waals surface area contributed by atoms with Crippen molar-refractivity contribution < 1.29 is 0 Å². The van der Waals surface area contributed by atoms with Crippen molar-refractivity contribution in [2.24, 2.45) is 0 Å². The maximum absolute atomic E-state index is 5.52. The van der Waals surface area contributed by atoms with Crippen molar-refractivity contribution in [1.29, 1.82) is 0 Å². The van der Waals surface area contributed by atoms with Crippen LogP contribution in [-0.4, -0.2) is 30.5 Å². The minimum atomic E-state index is 0.775. The summed E-state index contributed by atoms with van der Waals surface area (Å²) in [6.07, 6.45) is 2.36. The van der Waals surface area contributed by atoms with Gasteiger partial charge in [-0.05, 0) is 37.4 Å². The van der Waals surface area contributed by atoms with Crippen molar-refractivity contribution in [2.75, 3.05) is 30.5 Å². The molecule has 0 aromatic heterocycles. The molecule has 68 valence electrons. The summed E-state index contributed by atoms with van der Waals surface area (Å²) in [5, 5.41) is 3.35. The third-order valence-electron chi connectivity index (χ3n) is 1.33. The number of hydrogen-bond donors (Lipinski definition) is 1. The van der Waals surface area contributed by atoms with Crippen molar-refractivity contribution in [1.82, 2.24) is 5.32 Å². The molecule has 0 radical (unpaired) electrons. The molecule has 0 aromatic rings. The van der Waals surface area contributed by atoms with Crippen molar-refractivity contribution >= 4 is 23.4 Å². The Morgan fingerprint density at radius 1 is 1.27 bits per heavy atom. The largest absolute Gasteiger partial charge is 0.317 e. The number of thioether (sulfide) groups is 1. The zero-order chi connectivity index (χ0) is 8.36. The number of nitrogens with one attached hydrogen (secondary N) is 1. The first-order valence-corrected chi connectivity index (χ1v) is 5.95. The molecule has 0 amide bonds. The van der Waals surface area contributed by atoms with Gasteiger partial charge in [-0.25, -0.2) is 0 Å². The Kier molecular flexibility index (Phi) is 11.2. The molecule has 0 aliphatic rings. The molecule has 0 saturated heterocycles. The summed E-state index contributed by atoms with van der Waals surface area (Å²) in [5.74, 6) is 3.29. The highest BCUT2D eigenvalue weighted by molar-refractivity contribution is 7.99. The molecule has 1 nitrogen and oxygen atoms in total. The highest BCUT2D eigenvalue weighted by atomic mass is 35.5.